The van der Waals surface area contributed by atoms with Crippen LogP contribution in [0.4, 0.5) is 16.2 Å². The molecule has 0 radical (unpaired) electrons. The average molecular weight is 417 g/mol. The van der Waals surface area contributed by atoms with E-state index < -0.39 is 21.2 Å². The minimum atomic E-state index is -0.468. The molecule has 0 aromatic heterocycles. The molecule has 2 rings (SSSR count). The van der Waals surface area contributed by atoms with Crippen LogP contribution in [0.3, 0.4) is 0 Å². The van der Waals surface area contributed by atoms with Crippen LogP contribution < -0.4 is 37.0 Å². The predicted molar refractivity (Wildman–Crippen MR) is 87.1 cm³/mol. The van der Waals surface area contributed by atoms with Crippen molar-refractivity contribution in [1.29, 1.82) is 0 Å². The Morgan fingerprint density at radius 3 is 2.82 bits per heavy atom. The van der Waals surface area contributed by atoms with Crippen molar-refractivity contribution in [2.75, 3.05) is 22.6 Å². The molecule has 0 spiro atoms. The van der Waals surface area contributed by atoms with Crippen LogP contribution in [0.1, 0.15) is 45.4 Å². The van der Waals surface area contributed by atoms with Crippen molar-refractivity contribution < 1.29 is 30.7 Å². The fourth-order valence-electron chi connectivity index (χ4n) is 2.35. The third-order valence-corrected chi connectivity index (χ3v) is 6.49. The van der Waals surface area contributed by atoms with Crippen LogP contribution in [0.25, 0.3) is 0 Å². The van der Waals surface area contributed by atoms with Crippen LogP contribution in [-0.2, 0) is 0 Å². The maximum absolute atomic E-state index is 12.0. The van der Waals surface area contributed by atoms with Gasteiger partial charge in [-0.3, -0.25) is 0 Å². The molecule has 0 atom stereocenters. The molecular formula is C17H26IN2O2-. The van der Waals surface area contributed by atoms with E-state index in [2.05, 4.69) is 12.2 Å². The number of nitrogens with two attached hydrogens (primary N) is 1. The number of unbranched alkanes of at least 4 members (excludes halogenated alkanes) is 2. The molecule has 1 amide bonds. The van der Waals surface area contributed by atoms with E-state index in [4.69, 9.17) is 10.5 Å². The van der Waals surface area contributed by atoms with Gasteiger partial charge in [-0.15, -0.1) is 0 Å². The number of anilines is 2. The number of carbonyl (C=O) groups excluding carboxylic acids is 1. The van der Waals surface area contributed by atoms with Gasteiger partial charge in [0.25, 0.3) is 0 Å². The Bertz CT molecular complexity index is 515. The summed E-state index contributed by atoms with van der Waals surface area (Å²) < 4.78 is 6.33. The van der Waals surface area contributed by atoms with Crippen molar-refractivity contribution in [2.45, 2.75) is 45.4 Å². The number of rotatable bonds is 9. The number of hydrogen-bond acceptors (Lipinski definition) is 3. The number of amides is 1. The zero-order valence-electron chi connectivity index (χ0n) is 13.5. The molecule has 1 aliphatic carbocycles. The van der Waals surface area contributed by atoms with Crippen LogP contribution in [0.2, 0.25) is 0 Å². The fraction of sp³-hybridized carbons (Fsp3) is 0.588. The number of carbonyl (C=O) groups is 1. The second kappa shape index (κ2) is 8.04. The van der Waals surface area contributed by atoms with Gasteiger partial charge in [0, 0.05) is 0 Å². The molecular weight excluding hydrogens is 391 g/mol. The maximum atomic E-state index is 12.0. The summed E-state index contributed by atoms with van der Waals surface area (Å²) >= 11 is -0.468. The van der Waals surface area contributed by atoms with Crippen molar-refractivity contribution in [3.8, 4) is 5.75 Å². The van der Waals surface area contributed by atoms with Gasteiger partial charge in [0.1, 0.15) is 0 Å². The third kappa shape index (κ3) is 5.66. The van der Waals surface area contributed by atoms with Crippen molar-refractivity contribution >= 4 is 15.3 Å². The number of hydrogen-bond donors (Lipinski definition) is 2. The molecule has 3 N–H and O–H groups in total. The summed E-state index contributed by atoms with van der Waals surface area (Å²) in [6.07, 6.45) is 7.91. The molecule has 1 aromatic rings. The van der Waals surface area contributed by atoms with E-state index in [-0.39, 0.29) is 3.91 Å². The predicted octanol–water partition coefficient (Wildman–Crippen LogP) is 1.26. The van der Waals surface area contributed by atoms with E-state index >= 15 is 0 Å². The molecule has 1 saturated carbocycles. The molecule has 22 heavy (non-hydrogen) atoms. The van der Waals surface area contributed by atoms with E-state index in [0.717, 1.165) is 4.43 Å². The molecule has 0 heterocycles. The fourth-order valence-corrected chi connectivity index (χ4v) is 4.24. The zero-order valence-corrected chi connectivity index (χ0v) is 15.6. The number of ether oxygens (including phenoxy) is 1. The first-order chi connectivity index (χ1) is 10.5. The molecule has 1 aliphatic rings. The van der Waals surface area contributed by atoms with Gasteiger partial charge in [-0.25, -0.2) is 0 Å². The minimum absolute atomic E-state index is 0.132. The van der Waals surface area contributed by atoms with Gasteiger partial charge in [-0.1, -0.05) is 0 Å². The molecule has 0 aliphatic heterocycles. The van der Waals surface area contributed by atoms with Crippen molar-refractivity contribution in [3.63, 3.8) is 0 Å². The number of nitrogens with one attached hydrogen (secondary N) is 1. The first-order valence-electron chi connectivity index (χ1n) is 7.86. The van der Waals surface area contributed by atoms with Gasteiger partial charge in [0.15, 0.2) is 0 Å². The van der Waals surface area contributed by atoms with Gasteiger partial charge < -0.3 is 0 Å². The summed E-state index contributed by atoms with van der Waals surface area (Å²) in [6.45, 7) is 2.38. The van der Waals surface area contributed by atoms with Gasteiger partial charge in [-0.05, 0) is 0 Å². The molecule has 5 heteroatoms. The summed E-state index contributed by atoms with van der Waals surface area (Å²) in [5.41, 5.74) is 7.78. The number of alkyl halides is 1. The standard InChI is InChI=1S/C17H26IN2O2/c1-17(9-10-17)8-4-3-5-11-18-16(21)20-15-12-13(22-2)6-7-14(15)19/h6-7,12H,3-5,8-11,19H2,1-2H3,(H,20,21)/q-1. The van der Waals surface area contributed by atoms with Crippen LogP contribution in [-0.4, -0.2) is 15.5 Å². The summed E-state index contributed by atoms with van der Waals surface area (Å²) in [4.78, 5) is 12.0. The molecule has 1 aromatic carbocycles. The van der Waals surface area contributed by atoms with Crippen LogP contribution in [0, 0.1) is 5.41 Å². The van der Waals surface area contributed by atoms with Gasteiger partial charge in [-0.2, -0.15) is 0 Å². The Balaban J connectivity index is 1.63. The Morgan fingerprint density at radius 2 is 2.14 bits per heavy atom. The van der Waals surface area contributed by atoms with Crippen LogP contribution in [0.15, 0.2) is 18.2 Å². The first-order valence-corrected chi connectivity index (χ1v) is 10.5. The Hall–Kier alpha value is -0.980. The van der Waals surface area contributed by atoms with E-state index in [0.29, 0.717) is 22.5 Å². The topological polar surface area (TPSA) is 64.3 Å². The van der Waals surface area contributed by atoms with Crippen LogP contribution >= 0.6 is 0 Å². The summed E-state index contributed by atoms with van der Waals surface area (Å²) in [6, 6.07) is 5.32. The number of methoxy groups -OCH3 is 1. The summed E-state index contributed by atoms with van der Waals surface area (Å²) in [5.74, 6) is 0.705. The second-order valence-corrected chi connectivity index (χ2v) is 9.12. The molecule has 0 unspecified atom stereocenters. The zero-order chi connectivity index (χ0) is 16.0. The Morgan fingerprint density at radius 1 is 1.36 bits per heavy atom. The monoisotopic (exact) mass is 417 g/mol. The second-order valence-electron chi connectivity index (χ2n) is 6.30. The first kappa shape index (κ1) is 17.4. The molecule has 0 bridgehead atoms. The van der Waals surface area contributed by atoms with E-state index in [9.17, 15) is 4.79 Å². The summed E-state index contributed by atoms with van der Waals surface area (Å²) in [7, 11) is 1.60. The van der Waals surface area contributed by atoms with Crippen LogP contribution in [0.5, 0.6) is 5.75 Å². The average Bonchev–Trinajstić information content (AvgIpc) is 3.23. The van der Waals surface area contributed by atoms with Gasteiger partial charge in [0.05, 0.1) is 0 Å². The molecule has 1 fully saturated rings. The van der Waals surface area contributed by atoms with E-state index in [1.165, 1.54) is 38.5 Å². The quantitative estimate of drug-likeness (QED) is 0.159. The van der Waals surface area contributed by atoms with E-state index in [1.54, 1.807) is 25.3 Å². The number of benzene rings is 1. The summed E-state index contributed by atoms with van der Waals surface area (Å²) in [5, 5.41) is 2.92. The van der Waals surface area contributed by atoms with Gasteiger partial charge >= 0.3 is 143 Å². The molecule has 4 nitrogen and oxygen atoms in total. The number of halogens is 1. The van der Waals surface area contributed by atoms with Gasteiger partial charge in [0.2, 0.25) is 0 Å². The van der Waals surface area contributed by atoms with Crippen molar-refractivity contribution in [3.05, 3.63) is 18.2 Å². The Labute approximate surface area is 143 Å². The molecule has 124 valence electrons. The van der Waals surface area contributed by atoms with E-state index in [1.807, 2.05) is 0 Å². The Kier molecular flexibility index (Phi) is 6.35. The van der Waals surface area contributed by atoms with Crippen molar-refractivity contribution in [2.24, 2.45) is 5.41 Å². The number of nitrogen functional groups attached to an aromatic ring is 1. The normalized spacial score (nSPS) is 15.5. The molecule has 0 saturated heterocycles. The van der Waals surface area contributed by atoms with Crippen molar-refractivity contribution in [1.82, 2.24) is 0 Å². The third-order valence-electron chi connectivity index (χ3n) is 4.23. The SMILES string of the molecule is COc1ccc(N)c(NC(=O)[I-]CCCCCC2(C)CC2)c1.